The van der Waals surface area contributed by atoms with E-state index in [1.54, 1.807) is 18.7 Å². The van der Waals surface area contributed by atoms with Crippen LogP contribution in [-0.4, -0.2) is 34.7 Å². The lowest BCUT2D eigenvalue weighted by atomic mass is 9.84. The van der Waals surface area contributed by atoms with Gasteiger partial charge in [-0.1, -0.05) is 43.3 Å². The van der Waals surface area contributed by atoms with E-state index in [2.05, 4.69) is 30.3 Å². The van der Waals surface area contributed by atoms with Crippen molar-refractivity contribution in [3.05, 3.63) is 57.8 Å². The lowest BCUT2D eigenvalue weighted by Crippen LogP contribution is -2.32. The number of aliphatic hydroxyl groups excluding tert-OH is 1. The smallest absolute Gasteiger partial charge is 0.348 e. The van der Waals surface area contributed by atoms with E-state index in [9.17, 15) is 19.8 Å². The van der Waals surface area contributed by atoms with Crippen LogP contribution in [0.4, 0.5) is 5.69 Å². The number of anilines is 1. The fourth-order valence-electron chi connectivity index (χ4n) is 4.09. The second kappa shape index (κ2) is 10.7. The van der Waals surface area contributed by atoms with Gasteiger partial charge in [-0.2, -0.15) is 0 Å². The Kier molecular flexibility index (Phi) is 8.04. The highest BCUT2D eigenvalue weighted by Crippen LogP contribution is 2.41. The third kappa shape index (κ3) is 5.83. The summed E-state index contributed by atoms with van der Waals surface area (Å²) >= 11 is 1.26. The number of hydrogen-bond acceptors (Lipinski definition) is 4. The Morgan fingerprint density at radius 2 is 2.00 bits per heavy atom. The summed E-state index contributed by atoms with van der Waals surface area (Å²) in [6.07, 6.45) is 6.12. The molecule has 0 aliphatic heterocycles. The van der Waals surface area contributed by atoms with E-state index < -0.39 is 12.1 Å². The van der Waals surface area contributed by atoms with E-state index in [-0.39, 0.29) is 10.8 Å². The molecule has 31 heavy (non-hydrogen) atoms. The molecule has 0 saturated carbocycles. The van der Waals surface area contributed by atoms with Crippen molar-refractivity contribution in [3.63, 3.8) is 0 Å². The van der Waals surface area contributed by atoms with Gasteiger partial charge in [-0.25, -0.2) is 4.79 Å². The zero-order valence-corrected chi connectivity index (χ0v) is 19.0. The van der Waals surface area contributed by atoms with Crippen molar-refractivity contribution in [2.75, 3.05) is 11.4 Å². The highest BCUT2D eigenvalue weighted by atomic mass is 32.1. The first-order chi connectivity index (χ1) is 14.9. The van der Waals surface area contributed by atoms with Crippen molar-refractivity contribution in [3.8, 4) is 0 Å². The minimum atomic E-state index is -1.01. The Morgan fingerprint density at radius 3 is 2.58 bits per heavy atom. The molecule has 3 rings (SSSR count). The largest absolute Gasteiger partial charge is 0.477 e. The minimum absolute atomic E-state index is 0.0980. The molecule has 0 bridgehead atoms. The van der Waals surface area contributed by atoms with Crippen molar-refractivity contribution >= 4 is 34.5 Å². The minimum Gasteiger partial charge on any atom is -0.477 e. The molecule has 1 aliphatic carbocycles. The number of nitrogens with zero attached hydrogens (tertiary/aromatic N) is 1. The molecule has 2 atom stereocenters. The van der Waals surface area contributed by atoms with E-state index in [4.69, 9.17) is 0 Å². The average Bonchev–Trinajstić information content (AvgIpc) is 3.22. The summed E-state index contributed by atoms with van der Waals surface area (Å²) in [4.78, 5) is 27.3. The third-order valence-corrected chi connectivity index (χ3v) is 6.99. The predicted molar refractivity (Wildman–Crippen MR) is 126 cm³/mol. The summed E-state index contributed by atoms with van der Waals surface area (Å²) in [7, 11) is 0. The summed E-state index contributed by atoms with van der Waals surface area (Å²) < 4.78 is 0. The predicted octanol–water partition coefficient (Wildman–Crippen LogP) is 5.70. The van der Waals surface area contributed by atoms with E-state index in [1.807, 2.05) is 12.1 Å². The van der Waals surface area contributed by atoms with Gasteiger partial charge in [0, 0.05) is 17.8 Å². The third-order valence-electron chi connectivity index (χ3n) is 5.80. The fourth-order valence-corrected chi connectivity index (χ4v) is 5.16. The molecule has 1 aromatic heterocycles. The number of thiophene rings is 1. The van der Waals surface area contributed by atoms with Crippen LogP contribution >= 0.6 is 11.3 Å². The van der Waals surface area contributed by atoms with Crippen LogP contribution in [0.15, 0.2) is 42.5 Å². The molecule has 2 aromatic rings. The SMILES string of the molecule is CCC(=O)N(CCCC(C)O)c1cc(C2=CCC(c3ccccc3)CC2)sc1C(=O)O. The molecule has 2 unspecified atom stereocenters. The summed E-state index contributed by atoms with van der Waals surface area (Å²) in [5.74, 6) is -0.615. The van der Waals surface area contributed by atoms with E-state index in [1.165, 1.54) is 22.5 Å². The van der Waals surface area contributed by atoms with Gasteiger partial charge in [0.1, 0.15) is 4.88 Å². The standard InChI is InChI=1S/C25H31NO4S/c1-3-23(28)26(15-7-8-17(2)27)21-16-22(31-24(21)25(29)30)20-13-11-19(12-14-20)18-9-5-4-6-10-18/h4-6,9-10,13,16-17,19,27H,3,7-8,11-12,14-15H2,1-2H3,(H,29,30). The van der Waals surface area contributed by atoms with Crippen LogP contribution in [-0.2, 0) is 4.79 Å². The first-order valence-corrected chi connectivity index (χ1v) is 11.8. The van der Waals surface area contributed by atoms with Crippen LogP contribution in [0, 0.1) is 0 Å². The van der Waals surface area contributed by atoms with Crippen molar-refractivity contribution < 1.29 is 19.8 Å². The quantitative estimate of drug-likeness (QED) is 0.523. The highest BCUT2D eigenvalue weighted by Gasteiger charge is 2.26. The van der Waals surface area contributed by atoms with Crippen molar-refractivity contribution in [1.29, 1.82) is 0 Å². The molecule has 1 aromatic carbocycles. The van der Waals surface area contributed by atoms with Gasteiger partial charge in [0.05, 0.1) is 11.8 Å². The van der Waals surface area contributed by atoms with E-state index in [0.29, 0.717) is 37.4 Å². The number of aromatic carboxylic acids is 1. The Hall–Kier alpha value is -2.44. The second-order valence-electron chi connectivity index (χ2n) is 8.13. The van der Waals surface area contributed by atoms with Gasteiger partial charge < -0.3 is 15.1 Å². The number of allylic oxidation sites excluding steroid dienone is 2. The van der Waals surface area contributed by atoms with Gasteiger partial charge >= 0.3 is 5.97 Å². The molecule has 0 radical (unpaired) electrons. The highest BCUT2D eigenvalue weighted by molar-refractivity contribution is 7.15. The van der Waals surface area contributed by atoms with Gasteiger partial charge in [-0.3, -0.25) is 4.79 Å². The second-order valence-corrected chi connectivity index (χ2v) is 9.18. The van der Waals surface area contributed by atoms with E-state index >= 15 is 0 Å². The normalized spacial score (nSPS) is 17.1. The summed E-state index contributed by atoms with van der Waals surface area (Å²) in [6, 6.07) is 12.4. The van der Waals surface area contributed by atoms with Gasteiger partial charge in [0.15, 0.2) is 0 Å². The topological polar surface area (TPSA) is 77.8 Å². The lowest BCUT2D eigenvalue weighted by molar-refractivity contribution is -0.118. The van der Waals surface area contributed by atoms with Gasteiger partial charge in [0.25, 0.3) is 0 Å². The average molecular weight is 442 g/mol. The molecule has 1 amide bonds. The van der Waals surface area contributed by atoms with Gasteiger partial charge in [-0.15, -0.1) is 11.3 Å². The van der Waals surface area contributed by atoms with Crippen LogP contribution in [0.2, 0.25) is 0 Å². The number of hydrogen-bond donors (Lipinski definition) is 2. The molecule has 166 valence electrons. The number of benzene rings is 1. The van der Waals surface area contributed by atoms with Crippen LogP contribution < -0.4 is 4.90 Å². The van der Waals surface area contributed by atoms with Crippen LogP contribution in [0.3, 0.4) is 0 Å². The number of rotatable bonds is 9. The number of carboxylic acid groups (broad SMARTS) is 1. The Bertz CT molecular complexity index is 932. The summed E-state index contributed by atoms with van der Waals surface area (Å²) in [5, 5.41) is 19.3. The van der Waals surface area contributed by atoms with Crippen molar-refractivity contribution in [2.24, 2.45) is 0 Å². The molecule has 1 aliphatic rings. The maximum Gasteiger partial charge on any atom is 0.348 e. The molecule has 2 N–H and O–H groups in total. The van der Waals surface area contributed by atoms with Crippen molar-refractivity contribution in [2.45, 2.75) is 64.4 Å². The zero-order valence-electron chi connectivity index (χ0n) is 18.2. The Morgan fingerprint density at radius 1 is 1.26 bits per heavy atom. The number of carboxylic acids is 1. The van der Waals surface area contributed by atoms with Crippen LogP contribution in [0.25, 0.3) is 5.57 Å². The molecule has 1 heterocycles. The van der Waals surface area contributed by atoms with Crippen LogP contribution in [0.1, 0.15) is 78.4 Å². The maximum absolute atomic E-state index is 12.6. The number of carbonyl (C=O) groups is 2. The molecular formula is C25H31NO4S. The summed E-state index contributed by atoms with van der Waals surface area (Å²) in [6.45, 7) is 3.91. The molecule has 6 heteroatoms. The molecule has 0 fully saturated rings. The number of carbonyl (C=O) groups excluding carboxylic acids is 1. The first-order valence-electron chi connectivity index (χ1n) is 11.0. The van der Waals surface area contributed by atoms with Gasteiger partial charge in [0.2, 0.25) is 5.91 Å². The van der Waals surface area contributed by atoms with Gasteiger partial charge in [-0.05, 0) is 62.1 Å². The Labute approximate surface area is 188 Å². The fraction of sp³-hybridized carbons (Fsp3) is 0.440. The molecule has 0 saturated heterocycles. The number of amides is 1. The zero-order chi connectivity index (χ0) is 22.4. The first kappa shape index (κ1) is 23.2. The van der Waals surface area contributed by atoms with Crippen LogP contribution in [0.5, 0.6) is 0 Å². The van der Waals surface area contributed by atoms with Crippen molar-refractivity contribution in [1.82, 2.24) is 0 Å². The molecule has 0 spiro atoms. The summed E-state index contributed by atoms with van der Waals surface area (Å²) in [5.41, 5.74) is 2.99. The maximum atomic E-state index is 12.6. The Balaban J connectivity index is 1.84. The van der Waals surface area contributed by atoms with E-state index in [0.717, 1.165) is 24.1 Å². The lowest BCUT2D eigenvalue weighted by Gasteiger charge is -2.23. The number of aliphatic hydroxyl groups is 1. The monoisotopic (exact) mass is 441 g/mol. The molecular weight excluding hydrogens is 410 g/mol. The molecule has 5 nitrogen and oxygen atoms in total.